The lowest BCUT2D eigenvalue weighted by Crippen LogP contribution is -2.67. The lowest BCUT2D eigenvalue weighted by molar-refractivity contribution is -0.173. The summed E-state index contributed by atoms with van der Waals surface area (Å²) in [6.07, 6.45) is 4.36. The van der Waals surface area contributed by atoms with Gasteiger partial charge in [0.15, 0.2) is 0 Å². The third kappa shape index (κ3) is 3.26. The fourth-order valence-corrected chi connectivity index (χ4v) is 5.15. The molecule has 3 fully saturated rings. The van der Waals surface area contributed by atoms with Gasteiger partial charge in [-0.3, -0.25) is 9.59 Å². The summed E-state index contributed by atoms with van der Waals surface area (Å²) in [6, 6.07) is 11.3. The zero-order chi connectivity index (χ0) is 20.8. The maximum Gasteiger partial charge on any atom is 0.226 e. The van der Waals surface area contributed by atoms with E-state index < -0.39 is 5.95 Å². The molecular formula is C24H27FN2O2. The summed E-state index contributed by atoms with van der Waals surface area (Å²) in [4.78, 5) is 30.2. The van der Waals surface area contributed by atoms with E-state index in [1.165, 1.54) is 11.6 Å². The van der Waals surface area contributed by atoms with E-state index in [4.69, 9.17) is 0 Å². The van der Waals surface area contributed by atoms with Crippen LogP contribution in [0.15, 0.2) is 36.4 Å². The molecule has 5 rings (SSSR count). The number of amides is 1. The van der Waals surface area contributed by atoms with E-state index in [1.54, 1.807) is 24.9 Å². The zero-order valence-electron chi connectivity index (χ0n) is 17.3. The number of carbonyl (C=O) groups is 2. The molecule has 4 nitrogen and oxygen atoms in total. The highest BCUT2D eigenvalue weighted by atomic mass is 19.1. The minimum atomic E-state index is -0.477. The molecule has 1 amide bonds. The topological polar surface area (TPSA) is 50.3 Å². The van der Waals surface area contributed by atoms with E-state index in [-0.39, 0.29) is 16.7 Å². The second-order valence-electron chi connectivity index (χ2n) is 8.75. The molecule has 29 heavy (non-hydrogen) atoms. The molecule has 0 N–H and O–H groups in total. The Balaban J connectivity index is 1.35. The molecule has 1 aromatic heterocycles. The number of hydrogen-bond acceptors (Lipinski definition) is 3. The van der Waals surface area contributed by atoms with Gasteiger partial charge < -0.3 is 4.90 Å². The molecule has 3 aliphatic carbocycles. The highest BCUT2D eigenvalue weighted by Crippen LogP contribution is 2.74. The van der Waals surface area contributed by atoms with Gasteiger partial charge >= 0.3 is 0 Å². The summed E-state index contributed by atoms with van der Waals surface area (Å²) >= 11 is 0. The van der Waals surface area contributed by atoms with E-state index in [0.717, 1.165) is 30.5 Å². The Hall–Kier alpha value is -2.56. The minimum absolute atomic E-state index is 0.0967. The molecule has 1 aromatic carbocycles. The first-order valence-corrected chi connectivity index (χ1v) is 10.3. The van der Waals surface area contributed by atoms with Crippen LogP contribution in [-0.4, -0.2) is 23.7 Å². The second-order valence-corrected chi connectivity index (χ2v) is 8.75. The van der Waals surface area contributed by atoms with Crippen LogP contribution in [0, 0.1) is 18.3 Å². The Morgan fingerprint density at radius 2 is 1.76 bits per heavy atom. The van der Waals surface area contributed by atoms with Crippen molar-refractivity contribution in [1.82, 2.24) is 4.98 Å². The molecular weight excluding hydrogens is 367 g/mol. The summed E-state index contributed by atoms with van der Waals surface area (Å²) < 4.78 is 13.1. The first-order chi connectivity index (χ1) is 13.8. The fourth-order valence-electron chi connectivity index (χ4n) is 5.15. The normalized spacial score (nSPS) is 24.4. The van der Waals surface area contributed by atoms with Crippen LogP contribution in [0.3, 0.4) is 0 Å². The molecule has 0 spiro atoms. The molecule has 152 valence electrons. The molecule has 3 saturated carbocycles. The highest BCUT2D eigenvalue weighted by molar-refractivity contribution is 5.92. The van der Waals surface area contributed by atoms with Crippen LogP contribution in [0.25, 0.3) is 0 Å². The predicted octanol–water partition coefficient (Wildman–Crippen LogP) is 4.53. The van der Waals surface area contributed by atoms with Crippen LogP contribution in [0.1, 0.15) is 55.8 Å². The third-order valence-electron chi connectivity index (χ3n) is 6.95. The molecule has 5 heteroatoms. The molecule has 0 unspecified atom stereocenters. The summed E-state index contributed by atoms with van der Waals surface area (Å²) in [6.45, 7) is 3.65. The summed E-state index contributed by atoms with van der Waals surface area (Å²) in [7, 11) is 1.80. The largest absolute Gasteiger partial charge is 0.316 e. The van der Waals surface area contributed by atoms with Crippen LogP contribution in [0.5, 0.6) is 0 Å². The number of aryl methyl sites for hydroxylation is 2. The summed E-state index contributed by atoms with van der Waals surface area (Å²) in [5.74, 6) is -0.0531. The van der Waals surface area contributed by atoms with Crippen molar-refractivity contribution < 1.29 is 14.0 Å². The lowest BCUT2D eigenvalue weighted by Gasteiger charge is -2.70. The summed E-state index contributed by atoms with van der Waals surface area (Å²) in [5.41, 5.74) is 3.76. The molecule has 3 aliphatic rings. The van der Waals surface area contributed by atoms with Crippen LogP contribution in [0.4, 0.5) is 10.1 Å². The van der Waals surface area contributed by atoms with E-state index in [0.29, 0.717) is 30.7 Å². The average Bonchev–Trinajstić information content (AvgIpc) is 2.64. The Kier molecular flexibility index (Phi) is 4.80. The Bertz CT molecular complexity index is 948. The Morgan fingerprint density at radius 1 is 1.10 bits per heavy atom. The van der Waals surface area contributed by atoms with Crippen molar-refractivity contribution in [3.63, 3.8) is 0 Å². The second kappa shape index (κ2) is 7.05. The quantitative estimate of drug-likeness (QED) is 0.649. The highest BCUT2D eigenvalue weighted by Gasteiger charge is 2.70. The van der Waals surface area contributed by atoms with Crippen molar-refractivity contribution in [3.05, 3.63) is 59.2 Å². The van der Waals surface area contributed by atoms with E-state index >= 15 is 0 Å². The van der Waals surface area contributed by atoms with Gasteiger partial charge in [0, 0.05) is 36.7 Å². The van der Waals surface area contributed by atoms with Crippen LogP contribution >= 0.6 is 0 Å². The molecule has 0 aliphatic heterocycles. The average molecular weight is 394 g/mol. The van der Waals surface area contributed by atoms with Crippen molar-refractivity contribution in [2.24, 2.45) is 5.41 Å². The SMILES string of the molecule is CCC(=O)N(C)c1ccc(C23CC(C(=O)CCc4ccc(F)nc4C)(C2)C3)cc1. The van der Waals surface area contributed by atoms with E-state index in [2.05, 4.69) is 17.1 Å². The van der Waals surface area contributed by atoms with Crippen molar-refractivity contribution in [2.75, 3.05) is 11.9 Å². The third-order valence-corrected chi connectivity index (χ3v) is 6.95. The van der Waals surface area contributed by atoms with Gasteiger partial charge in [0.2, 0.25) is 11.9 Å². The van der Waals surface area contributed by atoms with Crippen molar-refractivity contribution >= 4 is 17.4 Å². The number of benzene rings is 1. The number of rotatable bonds is 7. The fraction of sp³-hybridized carbons (Fsp3) is 0.458. The first-order valence-electron chi connectivity index (χ1n) is 10.3. The zero-order valence-corrected chi connectivity index (χ0v) is 17.3. The summed E-state index contributed by atoms with van der Waals surface area (Å²) in [5, 5.41) is 0. The van der Waals surface area contributed by atoms with Crippen molar-refractivity contribution in [3.8, 4) is 0 Å². The van der Waals surface area contributed by atoms with Crippen molar-refractivity contribution in [2.45, 2.75) is 57.8 Å². The predicted molar refractivity (Wildman–Crippen MR) is 110 cm³/mol. The Labute approximate surface area is 171 Å². The monoisotopic (exact) mass is 394 g/mol. The van der Waals surface area contributed by atoms with Gasteiger partial charge in [-0.25, -0.2) is 4.98 Å². The van der Waals surface area contributed by atoms with Gasteiger partial charge in [-0.15, -0.1) is 0 Å². The smallest absolute Gasteiger partial charge is 0.226 e. The molecule has 0 saturated heterocycles. The number of halogens is 1. The number of ketones is 1. The van der Waals surface area contributed by atoms with Gasteiger partial charge in [0.05, 0.1) is 0 Å². The molecule has 1 heterocycles. The van der Waals surface area contributed by atoms with Gasteiger partial charge in [-0.2, -0.15) is 4.39 Å². The molecule has 0 atom stereocenters. The van der Waals surface area contributed by atoms with Crippen LogP contribution < -0.4 is 4.90 Å². The number of hydrogen-bond donors (Lipinski definition) is 0. The number of Topliss-reactive ketones (excluding diaryl/α,β-unsaturated/α-hetero) is 1. The standard InChI is InChI=1S/C24H27FN2O2/c1-4-22(29)27(3)19-9-7-18(8-10-19)23-13-24(14-23,15-23)20(28)11-5-17-6-12-21(25)26-16(17)2/h6-10,12H,4-5,11,13-15H2,1-3H3. The van der Waals surface area contributed by atoms with E-state index in [9.17, 15) is 14.0 Å². The van der Waals surface area contributed by atoms with Crippen LogP contribution in [-0.2, 0) is 21.4 Å². The van der Waals surface area contributed by atoms with Gasteiger partial charge in [-0.1, -0.05) is 25.1 Å². The lowest BCUT2D eigenvalue weighted by atomic mass is 9.32. The number of carbonyl (C=O) groups excluding carboxylic acids is 2. The number of anilines is 1. The number of aromatic nitrogens is 1. The van der Waals surface area contributed by atoms with Gasteiger partial charge in [-0.05, 0) is 67.3 Å². The number of nitrogens with zero attached hydrogens (tertiary/aromatic N) is 2. The number of pyridine rings is 1. The first kappa shape index (κ1) is 19.7. The molecule has 0 radical (unpaired) electrons. The van der Waals surface area contributed by atoms with Gasteiger partial charge in [0.1, 0.15) is 5.78 Å². The van der Waals surface area contributed by atoms with Crippen LogP contribution in [0.2, 0.25) is 0 Å². The maximum absolute atomic E-state index is 13.1. The Morgan fingerprint density at radius 3 is 2.34 bits per heavy atom. The van der Waals surface area contributed by atoms with Crippen molar-refractivity contribution in [1.29, 1.82) is 0 Å². The maximum atomic E-state index is 13.1. The van der Waals surface area contributed by atoms with Gasteiger partial charge in [0.25, 0.3) is 0 Å². The molecule has 2 bridgehead atoms. The van der Waals surface area contributed by atoms with E-state index in [1.807, 2.05) is 19.1 Å². The molecule has 2 aromatic rings. The minimum Gasteiger partial charge on any atom is -0.316 e.